The molecule has 248 valence electrons. The van der Waals surface area contributed by atoms with Crippen LogP contribution in [0, 0.1) is 11.6 Å². The number of aromatic nitrogens is 5. The van der Waals surface area contributed by atoms with E-state index in [-0.39, 0.29) is 11.6 Å². The van der Waals surface area contributed by atoms with Gasteiger partial charge in [-0.2, -0.15) is 0 Å². The van der Waals surface area contributed by atoms with Crippen molar-refractivity contribution in [3.05, 3.63) is 168 Å². The lowest BCUT2D eigenvalue weighted by molar-refractivity contribution is 0.415. The van der Waals surface area contributed by atoms with E-state index in [0.717, 1.165) is 33.8 Å². The highest BCUT2D eigenvalue weighted by molar-refractivity contribution is 6.30. The normalized spacial score (nSPS) is 11.1. The van der Waals surface area contributed by atoms with Gasteiger partial charge in [-0.25, -0.2) is 18.4 Å². The Hall–Kier alpha value is -6.38. The summed E-state index contributed by atoms with van der Waals surface area (Å²) in [6.07, 6.45) is 1.98. The largest absolute Gasteiger partial charge is 0.496 e. The molecule has 2 aromatic heterocycles. The molecule has 0 fully saturated rings. The van der Waals surface area contributed by atoms with Gasteiger partial charge in [-0.1, -0.05) is 102 Å². The number of nitrogens with zero attached hydrogens (tertiary/aromatic N) is 5. The molecule has 0 radical (unpaired) electrons. The van der Waals surface area contributed by atoms with E-state index in [1.54, 1.807) is 23.9 Å². The molecule has 2 heterocycles. The summed E-state index contributed by atoms with van der Waals surface area (Å²) in [6, 6.07) is 43.9. The van der Waals surface area contributed by atoms with Crippen molar-refractivity contribution in [1.29, 1.82) is 0 Å². The molecule has 6 aromatic carbocycles. The summed E-state index contributed by atoms with van der Waals surface area (Å²) < 4.78 is 38.3. The van der Waals surface area contributed by atoms with Crippen molar-refractivity contribution in [2.45, 2.75) is 0 Å². The Bertz CT molecular complexity index is 2480. The van der Waals surface area contributed by atoms with Crippen LogP contribution in [0.25, 0.3) is 67.7 Å². The quantitative estimate of drug-likeness (QED) is 0.159. The fourth-order valence-corrected chi connectivity index (χ4v) is 6.33. The van der Waals surface area contributed by atoms with Crippen molar-refractivity contribution >= 4 is 11.6 Å². The summed E-state index contributed by atoms with van der Waals surface area (Å²) in [4.78, 5) is 5.20. The fourth-order valence-electron chi connectivity index (χ4n) is 6.15. The molecule has 0 saturated carbocycles. The molecule has 8 aromatic rings. The van der Waals surface area contributed by atoms with Crippen molar-refractivity contribution in [3.8, 4) is 73.4 Å². The lowest BCUT2D eigenvalue weighted by Gasteiger charge is -2.13. The summed E-state index contributed by atoms with van der Waals surface area (Å²) in [7, 11) is 1.56. The number of hydrogen-bond acceptors (Lipinski definition) is 4. The first kappa shape index (κ1) is 31.9. The maximum absolute atomic E-state index is 14.8. The van der Waals surface area contributed by atoms with Crippen molar-refractivity contribution in [3.63, 3.8) is 0 Å². The molecule has 0 bridgehead atoms. The highest BCUT2D eigenvalue weighted by Gasteiger charge is 2.25. The van der Waals surface area contributed by atoms with Crippen LogP contribution in [0.3, 0.4) is 0 Å². The van der Waals surface area contributed by atoms with Gasteiger partial charge in [-0.15, -0.1) is 5.10 Å². The van der Waals surface area contributed by atoms with E-state index in [2.05, 4.69) is 10.3 Å². The van der Waals surface area contributed by atoms with Gasteiger partial charge < -0.3 is 4.74 Å². The molecule has 0 amide bonds. The lowest BCUT2D eigenvalue weighted by Crippen LogP contribution is -2.04. The number of methoxy groups -OCH3 is 1. The zero-order valence-electron chi connectivity index (χ0n) is 27.2. The van der Waals surface area contributed by atoms with E-state index in [0.29, 0.717) is 44.7 Å². The van der Waals surface area contributed by atoms with Crippen LogP contribution >= 0.6 is 11.6 Å². The summed E-state index contributed by atoms with van der Waals surface area (Å²) in [5, 5.41) is 9.79. The Morgan fingerprint density at radius 2 is 1.27 bits per heavy atom. The average Bonchev–Trinajstić information content (AvgIpc) is 3.82. The van der Waals surface area contributed by atoms with E-state index in [1.165, 1.54) is 24.3 Å². The predicted molar refractivity (Wildman–Crippen MR) is 197 cm³/mol. The van der Waals surface area contributed by atoms with E-state index < -0.39 is 0 Å². The number of imidazole rings is 1. The molecule has 0 unspecified atom stereocenters. The first-order valence-corrected chi connectivity index (χ1v) is 16.5. The van der Waals surface area contributed by atoms with Crippen LogP contribution in [0.15, 0.2) is 152 Å². The maximum atomic E-state index is 14.8. The third kappa shape index (κ3) is 6.17. The number of halogens is 3. The van der Waals surface area contributed by atoms with Gasteiger partial charge in [0.05, 0.1) is 18.5 Å². The summed E-state index contributed by atoms with van der Waals surface area (Å²) in [5.41, 5.74) is 7.88. The van der Waals surface area contributed by atoms with Gasteiger partial charge in [-0.3, -0.25) is 4.57 Å². The SMILES string of the molecule is COc1ccc(F)cc1-c1ccc(-n2nnc(-c3ccccc3)c2-c2nc(-c3ccccc3)cn2-c2ccc(-c3cc(Cl)ccc3F)cc2)cc1. The lowest BCUT2D eigenvalue weighted by atomic mass is 10.0. The van der Waals surface area contributed by atoms with Gasteiger partial charge in [0.1, 0.15) is 28.8 Å². The van der Waals surface area contributed by atoms with Crippen LogP contribution in [0.1, 0.15) is 0 Å². The number of ether oxygens (including phenoxy) is 1. The second-order valence-corrected chi connectivity index (χ2v) is 12.2. The summed E-state index contributed by atoms with van der Waals surface area (Å²) in [6.45, 7) is 0. The predicted octanol–water partition coefficient (Wildman–Crippen LogP) is 10.7. The van der Waals surface area contributed by atoms with Crippen molar-refractivity contribution in [1.82, 2.24) is 24.5 Å². The topological polar surface area (TPSA) is 57.8 Å². The fraction of sp³-hybridized carbons (Fsp3) is 0.0238. The second-order valence-electron chi connectivity index (χ2n) is 11.8. The molecule has 0 N–H and O–H groups in total. The van der Waals surface area contributed by atoms with E-state index >= 15 is 0 Å². The number of rotatable bonds is 8. The average molecular weight is 692 g/mol. The highest BCUT2D eigenvalue weighted by Crippen LogP contribution is 2.37. The van der Waals surface area contributed by atoms with Crippen LogP contribution < -0.4 is 4.74 Å². The molecule has 0 atom stereocenters. The molecule has 0 saturated heterocycles. The van der Waals surface area contributed by atoms with Gasteiger partial charge in [0.15, 0.2) is 5.82 Å². The minimum absolute atomic E-state index is 0.354. The van der Waals surface area contributed by atoms with E-state index in [4.69, 9.17) is 21.3 Å². The Balaban J connectivity index is 1.30. The Morgan fingerprint density at radius 1 is 0.627 bits per heavy atom. The zero-order valence-corrected chi connectivity index (χ0v) is 28.0. The van der Waals surface area contributed by atoms with Crippen LogP contribution in [-0.4, -0.2) is 31.7 Å². The molecule has 51 heavy (non-hydrogen) atoms. The maximum Gasteiger partial charge on any atom is 0.166 e. The van der Waals surface area contributed by atoms with Gasteiger partial charge in [0.25, 0.3) is 0 Å². The number of hydrogen-bond donors (Lipinski definition) is 0. The molecule has 6 nitrogen and oxygen atoms in total. The van der Waals surface area contributed by atoms with Gasteiger partial charge in [0.2, 0.25) is 0 Å². The molecule has 8 rings (SSSR count). The molecular weight excluding hydrogens is 664 g/mol. The van der Waals surface area contributed by atoms with Crippen molar-refractivity contribution in [2.75, 3.05) is 7.11 Å². The molecular formula is C42H28ClF2N5O. The number of benzene rings is 6. The Morgan fingerprint density at radius 3 is 1.96 bits per heavy atom. The Kier molecular flexibility index (Phi) is 8.43. The van der Waals surface area contributed by atoms with Crippen molar-refractivity contribution < 1.29 is 13.5 Å². The highest BCUT2D eigenvalue weighted by atomic mass is 35.5. The Labute approximate surface area is 297 Å². The molecule has 9 heteroatoms. The minimum Gasteiger partial charge on any atom is -0.496 e. The van der Waals surface area contributed by atoms with Gasteiger partial charge in [0, 0.05) is 39.2 Å². The first-order chi connectivity index (χ1) is 25.0. The van der Waals surface area contributed by atoms with E-state index in [9.17, 15) is 8.78 Å². The molecule has 0 spiro atoms. The third-order valence-corrected chi connectivity index (χ3v) is 8.91. The molecule has 0 aliphatic heterocycles. The van der Waals surface area contributed by atoms with Crippen LogP contribution in [0.2, 0.25) is 5.02 Å². The monoisotopic (exact) mass is 691 g/mol. The van der Waals surface area contributed by atoms with Crippen LogP contribution in [0.4, 0.5) is 8.78 Å². The van der Waals surface area contributed by atoms with Crippen molar-refractivity contribution in [2.24, 2.45) is 0 Å². The van der Waals surface area contributed by atoms with Crippen LogP contribution in [-0.2, 0) is 0 Å². The van der Waals surface area contributed by atoms with Crippen LogP contribution in [0.5, 0.6) is 5.75 Å². The minimum atomic E-state index is -0.355. The second kappa shape index (κ2) is 13.5. The zero-order chi connectivity index (χ0) is 34.9. The smallest absolute Gasteiger partial charge is 0.166 e. The first-order valence-electron chi connectivity index (χ1n) is 16.1. The van der Waals surface area contributed by atoms with E-state index in [1.807, 2.05) is 120 Å². The molecule has 0 aliphatic carbocycles. The summed E-state index contributed by atoms with van der Waals surface area (Å²) >= 11 is 6.21. The van der Waals surface area contributed by atoms with Gasteiger partial charge >= 0.3 is 0 Å². The molecule has 0 aliphatic rings. The third-order valence-electron chi connectivity index (χ3n) is 8.67. The summed E-state index contributed by atoms with van der Waals surface area (Å²) in [5.74, 6) is 0.450. The van der Waals surface area contributed by atoms with Gasteiger partial charge in [-0.05, 0) is 71.8 Å². The standard InChI is InChI=1S/C42H28ClF2N5O/c1-51-39-23-17-32(44)25-36(39)28-14-20-34(21-15-28)50-41(40(47-48-50)30-10-6-3-7-11-30)42-46-38(29-8-4-2-5-9-29)26-49(42)33-18-12-27(13-19-33)35-24-31(43)16-22-37(35)45/h2-26H,1H3.